The maximum atomic E-state index is 13.2. The topological polar surface area (TPSA) is 102 Å². The van der Waals surface area contributed by atoms with Crippen LogP contribution in [0.25, 0.3) is 0 Å². The van der Waals surface area contributed by atoms with Gasteiger partial charge in [0.25, 0.3) is 0 Å². The van der Waals surface area contributed by atoms with Crippen molar-refractivity contribution in [1.82, 2.24) is 4.31 Å². The number of halogens is 1. The van der Waals surface area contributed by atoms with E-state index in [9.17, 15) is 18.0 Å². The Morgan fingerprint density at radius 3 is 2.48 bits per heavy atom. The summed E-state index contributed by atoms with van der Waals surface area (Å²) in [6, 6.07) is 10.7. The third-order valence-electron chi connectivity index (χ3n) is 5.07. The summed E-state index contributed by atoms with van der Waals surface area (Å²) < 4.78 is 37.5. The molecule has 0 saturated carbocycles. The van der Waals surface area contributed by atoms with Gasteiger partial charge >= 0.3 is 5.97 Å². The van der Waals surface area contributed by atoms with Gasteiger partial charge in [-0.2, -0.15) is 4.31 Å². The fourth-order valence-electron chi connectivity index (χ4n) is 3.42. The standard InChI is InChI=1S/C21H23ClN2O6S/c1-29-18-10-7-16(22)12-19(18)31(27,28)24-11-3-4-15(13-24)20(25)23-17-8-5-14(6-9-17)21(26)30-2/h5-10,12,15H,3-4,11,13H2,1-2H3,(H,23,25)/t15-/m0/s1. The van der Waals surface area contributed by atoms with E-state index in [4.69, 9.17) is 16.3 Å². The number of nitrogens with one attached hydrogen (secondary N) is 1. The summed E-state index contributed by atoms with van der Waals surface area (Å²) in [5.74, 6) is -1.08. The number of benzene rings is 2. The van der Waals surface area contributed by atoms with Gasteiger partial charge < -0.3 is 14.8 Å². The predicted octanol–water partition coefficient (Wildman–Crippen LogP) is 3.17. The first kappa shape index (κ1) is 23.1. The first-order valence-corrected chi connectivity index (χ1v) is 11.4. The van der Waals surface area contributed by atoms with Crippen molar-refractivity contribution in [3.05, 3.63) is 53.1 Å². The monoisotopic (exact) mass is 466 g/mol. The minimum absolute atomic E-state index is 0.0260. The fraction of sp³-hybridized carbons (Fsp3) is 0.333. The van der Waals surface area contributed by atoms with Gasteiger partial charge in [-0.05, 0) is 55.3 Å². The Morgan fingerprint density at radius 1 is 1.13 bits per heavy atom. The quantitative estimate of drug-likeness (QED) is 0.656. The molecule has 2 aromatic rings. The number of piperidine rings is 1. The summed E-state index contributed by atoms with van der Waals surface area (Å²) in [4.78, 5) is 24.3. The predicted molar refractivity (Wildman–Crippen MR) is 116 cm³/mol. The lowest BCUT2D eigenvalue weighted by atomic mass is 9.98. The van der Waals surface area contributed by atoms with Crippen LogP contribution in [-0.2, 0) is 19.6 Å². The van der Waals surface area contributed by atoms with Gasteiger partial charge in [0, 0.05) is 23.8 Å². The van der Waals surface area contributed by atoms with Gasteiger partial charge in [-0.1, -0.05) is 11.6 Å². The van der Waals surface area contributed by atoms with Gasteiger partial charge in [0.1, 0.15) is 10.6 Å². The molecular formula is C21H23ClN2O6S. The highest BCUT2D eigenvalue weighted by molar-refractivity contribution is 7.89. The van der Waals surface area contributed by atoms with Gasteiger partial charge in [-0.3, -0.25) is 4.79 Å². The van der Waals surface area contributed by atoms with E-state index in [0.29, 0.717) is 30.6 Å². The maximum absolute atomic E-state index is 13.2. The van der Waals surface area contributed by atoms with E-state index in [0.717, 1.165) is 0 Å². The zero-order chi connectivity index (χ0) is 22.6. The summed E-state index contributed by atoms with van der Waals surface area (Å²) in [7, 11) is -1.21. The Bertz CT molecular complexity index is 1070. The fourth-order valence-corrected chi connectivity index (χ4v) is 5.36. The number of hydrogen-bond donors (Lipinski definition) is 1. The highest BCUT2D eigenvalue weighted by atomic mass is 35.5. The minimum Gasteiger partial charge on any atom is -0.495 e. The molecule has 166 valence electrons. The van der Waals surface area contributed by atoms with Crippen LogP contribution in [0.15, 0.2) is 47.4 Å². The number of amides is 1. The van der Waals surface area contributed by atoms with Gasteiger partial charge in [-0.25, -0.2) is 13.2 Å². The molecule has 1 aliphatic rings. The second kappa shape index (κ2) is 9.67. The molecule has 1 aliphatic heterocycles. The smallest absolute Gasteiger partial charge is 0.337 e. The number of carbonyl (C=O) groups is 2. The number of sulfonamides is 1. The Balaban J connectivity index is 1.73. The molecule has 8 nitrogen and oxygen atoms in total. The molecule has 0 aromatic heterocycles. The number of ether oxygens (including phenoxy) is 2. The Morgan fingerprint density at radius 2 is 1.84 bits per heavy atom. The Labute approximate surface area is 186 Å². The lowest BCUT2D eigenvalue weighted by molar-refractivity contribution is -0.120. The summed E-state index contributed by atoms with van der Waals surface area (Å²) in [5, 5.41) is 3.06. The van der Waals surface area contributed by atoms with E-state index >= 15 is 0 Å². The molecule has 3 rings (SSSR count). The second-order valence-corrected chi connectivity index (χ2v) is 9.40. The average molecular weight is 467 g/mol. The van der Waals surface area contributed by atoms with Crippen molar-refractivity contribution in [2.45, 2.75) is 17.7 Å². The van der Waals surface area contributed by atoms with Crippen LogP contribution in [0.3, 0.4) is 0 Å². The molecule has 0 bridgehead atoms. The zero-order valence-electron chi connectivity index (χ0n) is 17.1. The molecule has 0 unspecified atom stereocenters. The third kappa shape index (κ3) is 5.17. The molecule has 1 heterocycles. The molecule has 31 heavy (non-hydrogen) atoms. The molecule has 0 radical (unpaired) electrons. The Hall–Kier alpha value is -2.62. The largest absolute Gasteiger partial charge is 0.495 e. The first-order valence-electron chi connectivity index (χ1n) is 9.59. The van der Waals surface area contributed by atoms with E-state index in [1.54, 1.807) is 30.3 Å². The lowest BCUT2D eigenvalue weighted by Crippen LogP contribution is -2.43. The molecule has 1 fully saturated rings. The second-order valence-electron chi connectivity index (χ2n) is 7.06. The van der Waals surface area contributed by atoms with Crippen molar-refractivity contribution >= 4 is 39.2 Å². The molecule has 2 aromatic carbocycles. The number of nitrogens with zero attached hydrogens (tertiary/aromatic N) is 1. The summed E-state index contributed by atoms with van der Waals surface area (Å²) in [5.41, 5.74) is 0.875. The molecule has 0 aliphatic carbocycles. The van der Waals surface area contributed by atoms with Crippen LogP contribution < -0.4 is 10.1 Å². The molecule has 0 spiro atoms. The normalized spacial score (nSPS) is 17.1. The molecule has 1 amide bonds. The van der Waals surface area contributed by atoms with Crippen LogP contribution in [0.1, 0.15) is 23.2 Å². The third-order valence-corrected chi connectivity index (χ3v) is 7.19. The van der Waals surface area contributed by atoms with Gasteiger partial charge in [-0.15, -0.1) is 0 Å². The molecule has 1 atom stereocenters. The van der Waals surface area contributed by atoms with Crippen LogP contribution in [0, 0.1) is 5.92 Å². The van der Waals surface area contributed by atoms with Gasteiger partial charge in [0.05, 0.1) is 25.7 Å². The van der Waals surface area contributed by atoms with Crippen LogP contribution in [0.4, 0.5) is 5.69 Å². The van der Waals surface area contributed by atoms with Gasteiger partial charge in [0.15, 0.2) is 0 Å². The lowest BCUT2D eigenvalue weighted by Gasteiger charge is -2.31. The number of hydrogen-bond acceptors (Lipinski definition) is 6. The molecular weight excluding hydrogens is 444 g/mol. The first-order chi connectivity index (χ1) is 14.8. The summed E-state index contributed by atoms with van der Waals surface area (Å²) in [6.07, 6.45) is 1.10. The van der Waals surface area contributed by atoms with Crippen LogP contribution in [0.2, 0.25) is 5.02 Å². The number of carbonyl (C=O) groups excluding carboxylic acids is 2. The van der Waals surface area contributed by atoms with Crippen molar-refractivity contribution in [1.29, 1.82) is 0 Å². The van der Waals surface area contributed by atoms with Gasteiger partial charge in [0.2, 0.25) is 15.9 Å². The number of methoxy groups -OCH3 is 2. The molecule has 1 N–H and O–H groups in total. The highest BCUT2D eigenvalue weighted by Crippen LogP contribution is 2.32. The number of rotatable bonds is 6. The van der Waals surface area contributed by atoms with Crippen molar-refractivity contribution in [3.63, 3.8) is 0 Å². The number of anilines is 1. The van der Waals surface area contributed by atoms with Crippen LogP contribution >= 0.6 is 11.6 Å². The highest BCUT2D eigenvalue weighted by Gasteiger charge is 2.35. The van der Waals surface area contributed by atoms with Crippen LogP contribution in [0.5, 0.6) is 5.75 Å². The molecule has 1 saturated heterocycles. The van der Waals surface area contributed by atoms with E-state index in [-0.39, 0.29) is 28.1 Å². The van der Waals surface area contributed by atoms with Crippen LogP contribution in [-0.4, -0.2) is 51.9 Å². The van der Waals surface area contributed by atoms with Crippen molar-refractivity contribution in [2.24, 2.45) is 5.92 Å². The van der Waals surface area contributed by atoms with E-state index < -0.39 is 21.9 Å². The number of esters is 1. The molecule has 10 heteroatoms. The zero-order valence-corrected chi connectivity index (χ0v) is 18.7. The SMILES string of the molecule is COC(=O)c1ccc(NC(=O)[C@H]2CCCN(S(=O)(=O)c3cc(Cl)ccc3OC)C2)cc1. The summed E-state index contributed by atoms with van der Waals surface area (Å²) in [6.45, 7) is 0.347. The maximum Gasteiger partial charge on any atom is 0.337 e. The van der Waals surface area contributed by atoms with Crippen molar-refractivity contribution in [2.75, 3.05) is 32.6 Å². The van der Waals surface area contributed by atoms with E-state index in [2.05, 4.69) is 10.1 Å². The average Bonchev–Trinajstić information content (AvgIpc) is 2.79. The summed E-state index contributed by atoms with van der Waals surface area (Å²) >= 11 is 6.00. The van der Waals surface area contributed by atoms with Crippen molar-refractivity contribution in [3.8, 4) is 5.75 Å². The van der Waals surface area contributed by atoms with Crippen molar-refractivity contribution < 1.29 is 27.5 Å². The van der Waals surface area contributed by atoms with E-state index in [1.165, 1.54) is 30.7 Å². The Kier molecular flexibility index (Phi) is 7.19. The minimum atomic E-state index is -3.89. The van der Waals surface area contributed by atoms with E-state index in [1.807, 2.05) is 0 Å².